The monoisotopic (exact) mass is 476 g/mol. The lowest BCUT2D eigenvalue weighted by Crippen LogP contribution is -2.25. The molecule has 0 heterocycles. The van der Waals surface area contributed by atoms with Crippen LogP contribution in [0.5, 0.6) is 5.75 Å². The van der Waals surface area contributed by atoms with Crippen LogP contribution in [0, 0.1) is 36.0 Å². The number of rotatable bonds is 5. The van der Waals surface area contributed by atoms with E-state index in [0.717, 1.165) is 5.56 Å². The van der Waals surface area contributed by atoms with Gasteiger partial charge in [-0.15, -0.1) is 0 Å². The highest BCUT2D eigenvalue weighted by Gasteiger charge is 2.41. The van der Waals surface area contributed by atoms with E-state index in [4.69, 9.17) is 0 Å². The second-order valence-electron chi connectivity index (χ2n) is 7.60. The van der Waals surface area contributed by atoms with Gasteiger partial charge in [0.05, 0.1) is 0 Å². The number of halogens is 7. The number of aryl methyl sites for hydroxylation is 1. The third kappa shape index (κ3) is 4.76. The van der Waals surface area contributed by atoms with Crippen molar-refractivity contribution in [2.45, 2.75) is 13.0 Å². The van der Waals surface area contributed by atoms with E-state index in [-0.39, 0.29) is 11.1 Å². The first-order valence-corrected chi connectivity index (χ1v) is 9.93. The van der Waals surface area contributed by atoms with E-state index in [9.17, 15) is 30.7 Å². The van der Waals surface area contributed by atoms with Crippen LogP contribution in [-0.2, 0) is 6.11 Å². The van der Waals surface area contributed by atoms with E-state index in [2.05, 4.69) is 4.74 Å². The molecule has 0 saturated carbocycles. The fourth-order valence-electron chi connectivity index (χ4n) is 3.47. The Labute approximate surface area is 190 Å². The third-order valence-electron chi connectivity index (χ3n) is 5.08. The Hall–Kier alpha value is -3.81. The summed E-state index contributed by atoms with van der Waals surface area (Å²) < 4.78 is 104. The molecule has 0 saturated heterocycles. The maximum Gasteiger partial charge on any atom is 0.432 e. The van der Waals surface area contributed by atoms with Crippen LogP contribution in [0.4, 0.5) is 30.7 Å². The lowest BCUT2D eigenvalue weighted by Gasteiger charge is -2.20. The highest BCUT2D eigenvalue weighted by atomic mass is 19.3. The fraction of sp³-hybridized carbons (Fsp3) is 0.0769. The second kappa shape index (κ2) is 8.85. The Morgan fingerprint density at radius 3 is 1.68 bits per heavy atom. The first-order chi connectivity index (χ1) is 16.0. The Bertz CT molecular complexity index is 1320. The van der Waals surface area contributed by atoms with Crippen molar-refractivity contribution in [2.75, 3.05) is 0 Å². The molecule has 0 fully saturated rings. The minimum Gasteiger partial charge on any atom is -0.429 e. The molecular weight excluding hydrogens is 461 g/mol. The largest absolute Gasteiger partial charge is 0.432 e. The SMILES string of the molecule is Cc1ccc(-c2ccc(-c3cc(F)c(C(F)(F)Oc4cc(F)cc(F)c4)c(F)c3)c(F)c2)cc1. The second-order valence-corrected chi connectivity index (χ2v) is 7.60. The fourth-order valence-corrected chi connectivity index (χ4v) is 3.47. The van der Waals surface area contributed by atoms with Crippen LogP contribution in [0.1, 0.15) is 11.1 Å². The molecule has 0 amide bonds. The minimum atomic E-state index is -4.61. The lowest BCUT2D eigenvalue weighted by atomic mass is 9.98. The molecule has 0 aromatic heterocycles. The molecule has 0 radical (unpaired) electrons. The van der Waals surface area contributed by atoms with Gasteiger partial charge in [0.15, 0.2) is 0 Å². The maximum atomic E-state index is 14.8. The van der Waals surface area contributed by atoms with Crippen molar-refractivity contribution in [3.8, 4) is 28.0 Å². The average molecular weight is 476 g/mol. The van der Waals surface area contributed by atoms with Gasteiger partial charge in [-0.3, -0.25) is 0 Å². The van der Waals surface area contributed by atoms with Gasteiger partial charge in [0.25, 0.3) is 0 Å². The van der Waals surface area contributed by atoms with Gasteiger partial charge in [-0.25, -0.2) is 22.0 Å². The molecule has 8 heteroatoms. The lowest BCUT2D eigenvalue weighted by molar-refractivity contribution is -0.189. The van der Waals surface area contributed by atoms with Crippen molar-refractivity contribution in [1.29, 1.82) is 0 Å². The van der Waals surface area contributed by atoms with E-state index in [0.29, 0.717) is 41.5 Å². The summed E-state index contributed by atoms with van der Waals surface area (Å²) in [6, 6.07) is 13.6. The summed E-state index contributed by atoms with van der Waals surface area (Å²) in [7, 11) is 0. The first-order valence-electron chi connectivity index (χ1n) is 9.93. The molecule has 0 N–H and O–H groups in total. The Balaban J connectivity index is 1.67. The summed E-state index contributed by atoms with van der Waals surface area (Å²) in [5.74, 6) is -7.66. The van der Waals surface area contributed by atoms with E-state index < -0.39 is 46.5 Å². The summed E-state index contributed by atoms with van der Waals surface area (Å²) in [4.78, 5) is 0. The molecule has 0 unspecified atom stereocenters. The predicted octanol–water partition coefficient (Wildman–Crippen LogP) is 8.15. The molecule has 0 aliphatic heterocycles. The van der Waals surface area contributed by atoms with Gasteiger partial charge in [0, 0.05) is 23.8 Å². The molecule has 4 aromatic carbocycles. The van der Waals surface area contributed by atoms with Crippen molar-refractivity contribution >= 4 is 0 Å². The van der Waals surface area contributed by atoms with Gasteiger partial charge >= 0.3 is 6.11 Å². The third-order valence-corrected chi connectivity index (χ3v) is 5.08. The van der Waals surface area contributed by atoms with Crippen LogP contribution in [0.3, 0.4) is 0 Å². The normalized spacial score (nSPS) is 11.5. The highest BCUT2D eigenvalue weighted by molar-refractivity contribution is 5.71. The summed E-state index contributed by atoms with van der Waals surface area (Å²) in [6.45, 7) is 1.89. The van der Waals surface area contributed by atoms with E-state index in [1.807, 2.05) is 19.1 Å². The van der Waals surface area contributed by atoms with E-state index in [1.165, 1.54) is 18.2 Å². The van der Waals surface area contributed by atoms with Gasteiger partial charge in [-0.2, -0.15) is 8.78 Å². The van der Waals surface area contributed by atoms with Gasteiger partial charge in [0.2, 0.25) is 0 Å². The number of ether oxygens (including phenoxy) is 1. The molecule has 4 aromatic rings. The van der Waals surface area contributed by atoms with Gasteiger partial charge in [0.1, 0.15) is 40.4 Å². The number of alkyl halides is 2. The van der Waals surface area contributed by atoms with Gasteiger partial charge < -0.3 is 4.74 Å². The van der Waals surface area contributed by atoms with Crippen molar-refractivity contribution in [2.24, 2.45) is 0 Å². The smallest absolute Gasteiger partial charge is 0.429 e. The first kappa shape index (κ1) is 23.4. The summed E-state index contributed by atoms with van der Waals surface area (Å²) in [6.07, 6.45) is -4.61. The van der Waals surface area contributed by atoms with Crippen LogP contribution >= 0.6 is 0 Å². The molecule has 0 bridgehead atoms. The van der Waals surface area contributed by atoms with Gasteiger partial charge in [-0.1, -0.05) is 42.0 Å². The van der Waals surface area contributed by atoms with Crippen LogP contribution < -0.4 is 4.74 Å². The minimum absolute atomic E-state index is 0.211. The van der Waals surface area contributed by atoms with Crippen molar-refractivity contribution in [3.63, 3.8) is 0 Å². The van der Waals surface area contributed by atoms with Crippen LogP contribution in [0.2, 0.25) is 0 Å². The number of benzene rings is 4. The van der Waals surface area contributed by atoms with Crippen LogP contribution in [0.25, 0.3) is 22.3 Å². The molecule has 4 rings (SSSR count). The van der Waals surface area contributed by atoms with E-state index in [1.54, 1.807) is 12.1 Å². The van der Waals surface area contributed by atoms with Crippen molar-refractivity contribution in [3.05, 3.63) is 113 Å². The molecular formula is C26H15F7O. The van der Waals surface area contributed by atoms with Crippen molar-refractivity contribution in [1.82, 2.24) is 0 Å². The molecule has 0 spiro atoms. The topological polar surface area (TPSA) is 9.23 Å². The number of hydrogen-bond acceptors (Lipinski definition) is 1. The Morgan fingerprint density at radius 1 is 0.588 bits per heavy atom. The molecule has 34 heavy (non-hydrogen) atoms. The average Bonchev–Trinajstić information content (AvgIpc) is 2.72. The van der Waals surface area contributed by atoms with Crippen molar-refractivity contribution < 1.29 is 35.5 Å². The van der Waals surface area contributed by atoms with Crippen LogP contribution in [-0.4, -0.2) is 0 Å². The zero-order chi connectivity index (χ0) is 24.6. The molecule has 1 nitrogen and oxygen atoms in total. The molecule has 0 aliphatic carbocycles. The maximum absolute atomic E-state index is 14.8. The predicted molar refractivity (Wildman–Crippen MR) is 113 cm³/mol. The zero-order valence-electron chi connectivity index (χ0n) is 17.5. The summed E-state index contributed by atoms with van der Waals surface area (Å²) in [5, 5.41) is 0. The van der Waals surface area contributed by atoms with E-state index >= 15 is 0 Å². The zero-order valence-corrected chi connectivity index (χ0v) is 17.5. The Kier molecular flexibility index (Phi) is 6.08. The molecule has 0 atom stereocenters. The summed E-state index contributed by atoms with van der Waals surface area (Å²) >= 11 is 0. The van der Waals surface area contributed by atoms with Gasteiger partial charge in [-0.05, 0) is 41.8 Å². The Morgan fingerprint density at radius 2 is 1.12 bits per heavy atom. The quantitative estimate of drug-likeness (QED) is 0.264. The molecule has 174 valence electrons. The number of hydrogen-bond donors (Lipinski definition) is 0. The van der Waals surface area contributed by atoms with Crippen LogP contribution in [0.15, 0.2) is 72.8 Å². The molecule has 0 aliphatic rings. The summed E-state index contributed by atoms with van der Waals surface area (Å²) in [5.41, 5.74) is -0.0702. The standard InChI is InChI=1S/C26H15F7O/c1-14-2-4-15(5-3-14)16-6-7-21(22(29)8-16)17-9-23(30)25(24(31)10-17)26(32,33)34-20-12-18(27)11-19(28)13-20/h2-13H,1H3. The highest BCUT2D eigenvalue weighted by Crippen LogP contribution is 2.38.